The van der Waals surface area contributed by atoms with Crippen molar-refractivity contribution in [3.63, 3.8) is 0 Å². The fraction of sp³-hybridized carbons (Fsp3) is 0.688. The number of nitrogens with one attached hydrogen (secondary N) is 1. The second-order valence-electron chi connectivity index (χ2n) is 7.06. The van der Waals surface area contributed by atoms with E-state index < -0.39 is 0 Å². The molecule has 1 N–H and O–H groups in total. The summed E-state index contributed by atoms with van der Waals surface area (Å²) in [6.07, 6.45) is 2.36. The third kappa shape index (κ3) is 2.31. The maximum Gasteiger partial charge on any atom is 0.204 e. The van der Waals surface area contributed by atoms with Gasteiger partial charge in [-0.15, -0.1) is 0 Å². The van der Waals surface area contributed by atoms with Crippen molar-refractivity contribution >= 4 is 28.0 Å². The predicted molar refractivity (Wildman–Crippen MR) is 87.1 cm³/mol. The van der Waals surface area contributed by atoms with E-state index in [1.54, 1.807) is 6.92 Å². The zero-order valence-corrected chi connectivity index (χ0v) is 14.2. The highest BCUT2D eigenvalue weighted by atomic mass is 32.1. The number of ketones is 1. The monoisotopic (exact) mass is 305 g/mol. The van der Waals surface area contributed by atoms with Gasteiger partial charge in [0.1, 0.15) is 0 Å². The number of aromatic nitrogens is 1. The van der Waals surface area contributed by atoms with Crippen LogP contribution in [-0.4, -0.2) is 16.5 Å². The van der Waals surface area contributed by atoms with Gasteiger partial charge in [0.2, 0.25) is 5.13 Å². The summed E-state index contributed by atoms with van der Waals surface area (Å²) in [4.78, 5) is 16.6. The molecule has 3 atom stereocenters. The van der Waals surface area contributed by atoms with Gasteiger partial charge < -0.3 is 0 Å². The number of rotatable bonds is 3. The first kappa shape index (κ1) is 14.7. The molecule has 0 amide bonds. The molecule has 2 fully saturated rings. The van der Waals surface area contributed by atoms with E-state index in [1.165, 1.54) is 23.5 Å². The summed E-state index contributed by atoms with van der Waals surface area (Å²) in [6, 6.07) is 0. The SMILES string of the molecule is CC(=O)c1sc(N/N=C2/CC3CC2C(C)C3(C)C)nc1C. The number of carbonyl (C=O) groups excluding carboxylic acids is 1. The van der Waals surface area contributed by atoms with Crippen molar-refractivity contribution in [2.24, 2.45) is 28.3 Å². The van der Waals surface area contributed by atoms with Gasteiger partial charge in [0.25, 0.3) is 0 Å². The van der Waals surface area contributed by atoms with Crippen LogP contribution in [0.5, 0.6) is 0 Å². The minimum Gasteiger partial charge on any atom is -0.294 e. The molecule has 21 heavy (non-hydrogen) atoms. The van der Waals surface area contributed by atoms with E-state index in [0.717, 1.165) is 28.0 Å². The van der Waals surface area contributed by atoms with Crippen molar-refractivity contribution in [1.82, 2.24) is 4.98 Å². The van der Waals surface area contributed by atoms with Crippen LogP contribution in [0.15, 0.2) is 5.10 Å². The average Bonchev–Trinajstić information content (AvgIpc) is 3.03. The fourth-order valence-electron chi connectivity index (χ4n) is 3.90. The van der Waals surface area contributed by atoms with Gasteiger partial charge in [-0.3, -0.25) is 10.2 Å². The normalized spacial score (nSPS) is 31.9. The lowest BCUT2D eigenvalue weighted by molar-refractivity contribution is 0.102. The largest absolute Gasteiger partial charge is 0.294 e. The molecule has 2 bridgehead atoms. The Kier molecular flexibility index (Phi) is 3.43. The molecule has 0 aliphatic heterocycles. The van der Waals surface area contributed by atoms with E-state index in [0.29, 0.717) is 17.3 Å². The lowest BCUT2D eigenvalue weighted by Gasteiger charge is -2.36. The number of anilines is 1. The highest BCUT2D eigenvalue weighted by Gasteiger charge is 2.53. The van der Waals surface area contributed by atoms with Crippen LogP contribution in [0, 0.1) is 30.1 Å². The zero-order chi connectivity index (χ0) is 15.4. The first-order chi connectivity index (χ1) is 9.80. The zero-order valence-electron chi connectivity index (χ0n) is 13.4. The summed E-state index contributed by atoms with van der Waals surface area (Å²) in [6.45, 7) is 10.6. The molecule has 5 heteroatoms. The van der Waals surface area contributed by atoms with Gasteiger partial charge in [0, 0.05) is 18.6 Å². The number of nitrogens with zero attached hydrogens (tertiary/aromatic N) is 2. The Hall–Kier alpha value is -1.23. The van der Waals surface area contributed by atoms with E-state index in [-0.39, 0.29) is 5.78 Å². The number of aryl methyl sites for hydroxylation is 1. The maximum absolute atomic E-state index is 11.5. The van der Waals surface area contributed by atoms with Gasteiger partial charge >= 0.3 is 0 Å². The summed E-state index contributed by atoms with van der Waals surface area (Å²) >= 11 is 1.39. The molecule has 0 spiro atoms. The van der Waals surface area contributed by atoms with Crippen LogP contribution in [0.3, 0.4) is 0 Å². The fourth-order valence-corrected chi connectivity index (χ4v) is 4.70. The molecular formula is C16H23N3OS. The number of carbonyl (C=O) groups is 1. The molecule has 0 aromatic carbocycles. The van der Waals surface area contributed by atoms with Crippen LogP contribution in [0.25, 0.3) is 0 Å². The van der Waals surface area contributed by atoms with Crippen LogP contribution >= 0.6 is 11.3 Å². The molecule has 1 aromatic heterocycles. The topological polar surface area (TPSA) is 54.4 Å². The highest BCUT2D eigenvalue weighted by molar-refractivity contribution is 7.17. The number of hydrogen-bond donors (Lipinski definition) is 1. The Balaban J connectivity index is 1.74. The molecular weight excluding hydrogens is 282 g/mol. The van der Waals surface area contributed by atoms with Gasteiger partial charge in [-0.25, -0.2) is 4.98 Å². The minimum absolute atomic E-state index is 0.0704. The maximum atomic E-state index is 11.5. The Labute approximate surface area is 130 Å². The van der Waals surface area contributed by atoms with Crippen LogP contribution < -0.4 is 5.43 Å². The molecule has 0 radical (unpaired) electrons. The van der Waals surface area contributed by atoms with Crippen LogP contribution in [-0.2, 0) is 0 Å². The number of hydrazone groups is 1. The lowest BCUT2D eigenvalue weighted by atomic mass is 9.69. The summed E-state index contributed by atoms with van der Waals surface area (Å²) in [5.74, 6) is 2.11. The van der Waals surface area contributed by atoms with Gasteiger partial charge in [-0.05, 0) is 37.0 Å². The quantitative estimate of drug-likeness (QED) is 0.675. The van der Waals surface area contributed by atoms with Crippen molar-refractivity contribution in [2.45, 2.75) is 47.5 Å². The third-order valence-electron chi connectivity index (χ3n) is 5.66. The molecule has 3 rings (SSSR count). The van der Waals surface area contributed by atoms with Gasteiger partial charge in [-0.2, -0.15) is 5.10 Å². The highest BCUT2D eigenvalue weighted by Crippen LogP contribution is 2.57. The first-order valence-electron chi connectivity index (χ1n) is 7.61. The standard InChI is InChI=1S/C16H23N3OS/c1-8-12-6-11(16(8,4)5)7-13(12)18-19-15-17-9(2)14(21-15)10(3)20/h8,11-12H,6-7H2,1-5H3,(H,17,19)/b18-13-. The Bertz CT molecular complexity index is 613. The van der Waals surface area contributed by atoms with Gasteiger partial charge in [0.05, 0.1) is 10.6 Å². The van der Waals surface area contributed by atoms with Crippen molar-refractivity contribution in [2.75, 3.05) is 5.43 Å². The second kappa shape index (κ2) is 4.90. The van der Waals surface area contributed by atoms with E-state index in [2.05, 4.69) is 36.3 Å². The van der Waals surface area contributed by atoms with Gasteiger partial charge in [-0.1, -0.05) is 32.1 Å². The van der Waals surface area contributed by atoms with Crippen molar-refractivity contribution in [3.05, 3.63) is 10.6 Å². The molecule has 2 aliphatic carbocycles. The molecule has 4 nitrogen and oxygen atoms in total. The number of fused-ring (bicyclic) bond motifs is 2. The molecule has 3 unspecified atom stereocenters. The van der Waals surface area contributed by atoms with Gasteiger partial charge in [0.15, 0.2) is 5.78 Å². The average molecular weight is 305 g/mol. The summed E-state index contributed by atoms with van der Waals surface area (Å²) in [5, 5.41) is 5.33. The molecule has 2 aliphatic rings. The molecule has 114 valence electrons. The van der Waals surface area contributed by atoms with Crippen molar-refractivity contribution in [1.29, 1.82) is 0 Å². The second-order valence-corrected chi connectivity index (χ2v) is 8.06. The van der Waals surface area contributed by atoms with Crippen LogP contribution in [0.2, 0.25) is 0 Å². The number of thiazole rings is 1. The number of hydrogen-bond acceptors (Lipinski definition) is 5. The summed E-state index contributed by atoms with van der Waals surface area (Å²) < 4.78 is 0. The van der Waals surface area contributed by atoms with Crippen LogP contribution in [0.4, 0.5) is 5.13 Å². The van der Waals surface area contributed by atoms with Crippen molar-refractivity contribution in [3.8, 4) is 0 Å². The van der Waals surface area contributed by atoms with Crippen LogP contribution in [0.1, 0.15) is 55.9 Å². The molecule has 1 aromatic rings. The Morgan fingerprint density at radius 3 is 2.71 bits per heavy atom. The predicted octanol–water partition coefficient (Wildman–Crippen LogP) is 4.12. The number of Topliss-reactive ketones (excluding diaryl/α,β-unsaturated/α-hetero) is 1. The van der Waals surface area contributed by atoms with Crippen molar-refractivity contribution < 1.29 is 4.79 Å². The Morgan fingerprint density at radius 1 is 1.48 bits per heavy atom. The summed E-state index contributed by atoms with van der Waals surface area (Å²) in [5.41, 5.74) is 5.58. The lowest BCUT2D eigenvalue weighted by Crippen LogP contribution is -2.33. The van der Waals surface area contributed by atoms with E-state index in [1.807, 2.05) is 6.92 Å². The van der Waals surface area contributed by atoms with E-state index >= 15 is 0 Å². The van der Waals surface area contributed by atoms with E-state index in [9.17, 15) is 4.79 Å². The molecule has 0 saturated heterocycles. The smallest absolute Gasteiger partial charge is 0.204 e. The van der Waals surface area contributed by atoms with E-state index in [4.69, 9.17) is 0 Å². The Morgan fingerprint density at radius 2 is 2.19 bits per heavy atom. The summed E-state index contributed by atoms with van der Waals surface area (Å²) in [7, 11) is 0. The first-order valence-corrected chi connectivity index (χ1v) is 8.43. The molecule has 1 heterocycles. The third-order valence-corrected chi connectivity index (χ3v) is 6.83. The minimum atomic E-state index is 0.0704. The molecule has 2 saturated carbocycles.